The lowest BCUT2D eigenvalue weighted by molar-refractivity contribution is 0.0697. The molecule has 1 aromatic carbocycles. The van der Waals surface area contributed by atoms with Gasteiger partial charge in [0.1, 0.15) is 0 Å². The van der Waals surface area contributed by atoms with Crippen LogP contribution in [0.3, 0.4) is 0 Å². The maximum atomic E-state index is 10.8. The zero-order valence-corrected chi connectivity index (χ0v) is 8.66. The maximum Gasteiger partial charge on any atom is 0.335 e. The van der Waals surface area contributed by atoms with Crippen LogP contribution in [-0.4, -0.2) is 22.6 Å². The van der Waals surface area contributed by atoms with Crippen LogP contribution in [0, 0.1) is 0 Å². The molecule has 5 N–H and O–H groups in total. The number of rotatable bonds is 4. The molecule has 0 amide bonds. The van der Waals surface area contributed by atoms with Gasteiger partial charge in [-0.2, -0.15) is 0 Å². The predicted molar refractivity (Wildman–Crippen MR) is 61.2 cm³/mol. The van der Waals surface area contributed by atoms with Gasteiger partial charge in [-0.3, -0.25) is 11.3 Å². The quantitative estimate of drug-likeness (QED) is 0.453. The Kier molecular flexibility index (Phi) is 2.89. The number of nitrogens with two attached hydrogens (primary N) is 1. The van der Waals surface area contributed by atoms with Crippen molar-refractivity contribution in [3.05, 3.63) is 35.5 Å². The summed E-state index contributed by atoms with van der Waals surface area (Å²) in [5.41, 5.74) is 4.89. The number of hydrogen-bond donors (Lipinski definition) is 4. The molecule has 2 aromatic rings. The van der Waals surface area contributed by atoms with Gasteiger partial charge in [0.15, 0.2) is 0 Å². The van der Waals surface area contributed by atoms with Gasteiger partial charge in [0.05, 0.1) is 5.56 Å². The highest BCUT2D eigenvalue weighted by Gasteiger charge is 2.07. The first-order chi connectivity index (χ1) is 7.72. The van der Waals surface area contributed by atoms with Crippen molar-refractivity contribution in [3.63, 3.8) is 0 Å². The maximum absolute atomic E-state index is 10.8. The van der Waals surface area contributed by atoms with Gasteiger partial charge in [0, 0.05) is 23.6 Å². The van der Waals surface area contributed by atoms with E-state index in [-0.39, 0.29) is 0 Å². The molecule has 5 nitrogen and oxygen atoms in total. The van der Waals surface area contributed by atoms with Crippen molar-refractivity contribution in [1.82, 2.24) is 10.4 Å². The summed E-state index contributed by atoms with van der Waals surface area (Å²) in [4.78, 5) is 14.0. The molecule has 0 aliphatic rings. The molecule has 84 valence electrons. The standard InChI is InChI=1S/C11H13N3O2/c12-14-4-3-8-6-13-10-2-1-7(11(15)16)5-9(8)10/h1-2,5-6,13-14H,3-4,12H2,(H,15,16). The van der Waals surface area contributed by atoms with Gasteiger partial charge >= 0.3 is 5.97 Å². The van der Waals surface area contributed by atoms with E-state index in [9.17, 15) is 4.79 Å². The molecule has 0 atom stereocenters. The second-order valence-corrected chi connectivity index (χ2v) is 3.58. The molecule has 0 spiro atoms. The molecule has 0 radical (unpaired) electrons. The van der Waals surface area contributed by atoms with E-state index in [2.05, 4.69) is 10.4 Å². The fourth-order valence-corrected chi connectivity index (χ4v) is 1.73. The minimum Gasteiger partial charge on any atom is -0.478 e. The summed E-state index contributed by atoms with van der Waals surface area (Å²) in [6, 6.07) is 5.05. The smallest absolute Gasteiger partial charge is 0.335 e. The van der Waals surface area contributed by atoms with E-state index in [0.29, 0.717) is 12.1 Å². The molecule has 0 saturated heterocycles. The molecule has 16 heavy (non-hydrogen) atoms. The van der Waals surface area contributed by atoms with Gasteiger partial charge in [-0.05, 0) is 30.2 Å². The first-order valence-electron chi connectivity index (χ1n) is 4.99. The summed E-state index contributed by atoms with van der Waals surface area (Å²) in [7, 11) is 0. The third kappa shape index (κ3) is 1.91. The molecule has 5 heteroatoms. The Morgan fingerprint density at radius 2 is 2.31 bits per heavy atom. The van der Waals surface area contributed by atoms with Crippen LogP contribution in [0.5, 0.6) is 0 Å². The fourth-order valence-electron chi connectivity index (χ4n) is 1.73. The minimum absolute atomic E-state index is 0.300. The van der Waals surface area contributed by atoms with Gasteiger partial charge in [0.25, 0.3) is 0 Å². The number of carboxylic acid groups (broad SMARTS) is 1. The van der Waals surface area contributed by atoms with E-state index < -0.39 is 5.97 Å². The first-order valence-corrected chi connectivity index (χ1v) is 4.99. The predicted octanol–water partition coefficient (Wildman–Crippen LogP) is 0.872. The fraction of sp³-hybridized carbons (Fsp3) is 0.182. The van der Waals surface area contributed by atoms with E-state index in [1.54, 1.807) is 18.2 Å². The van der Waals surface area contributed by atoms with Crippen molar-refractivity contribution in [2.75, 3.05) is 6.54 Å². The van der Waals surface area contributed by atoms with Crippen LogP contribution < -0.4 is 11.3 Å². The van der Waals surface area contributed by atoms with Crippen LogP contribution >= 0.6 is 0 Å². The molecule has 0 saturated carbocycles. The summed E-state index contributed by atoms with van der Waals surface area (Å²) in [6.07, 6.45) is 2.65. The molecule has 0 aliphatic carbocycles. The van der Waals surface area contributed by atoms with E-state index in [1.807, 2.05) is 6.20 Å². The normalized spacial score (nSPS) is 10.8. The average Bonchev–Trinajstić information content (AvgIpc) is 2.68. The van der Waals surface area contributed by atoms with Gasteiger partial charge < -0.3 is 10.1 Å². The van der Waals surface area contributed by atoms with Crippen molar-refractivity contribution in [2.24, 2.45) is 5.84 Å². The largest absolute Gasteiger partial charge is 0.478 e. The van der Waals surface area contributed by atoms with Crippen LogP contribution in [0.4, 0.5) is 0 Å². The number of nitrogens with one attached hydrogen (secondary N) is 2. The molecule has 0 aliphatic heterocycles. The number of aromatic carboxylic acids is 1. The van der Waals surface area contributed by atoms with E-state index in [4.69, 9.17) is 10.9 Å². The third-order valence-corrected chi connectivity index (χ3v) is 2.55. The number of carbonyl (C=O) groups is 1. The van der Waals surface area contributed by atoms with Crippen molar-refractivity contribution in [1.29, 1.82) is 0 Å². The Hall–Kier alpha value is -1.85. The lowest BCUT2D eigenvalue weighted by atomic mass is 10.1. The van der Waals surface area contributed by atoms with Crippen LogP contribution in [-0.2, 0) is 6.42 Å². The summed E-state index contributed by atoms with van der Waals surface area (Å²) >= 11 is 0. The second-order valence-electron chi connectivity index (χ2n) is 3.58. The van der Waals surface area contributed by atoms with Crippen LogP contribution in [0.25, 0.3) is 10.9 Å². The molecular formula is C11H13N3O2. The number of aromatic nitrogens is 1. The summed E-state index contributed by atoms with van der Waals surface area (Å²) in [6.45, 7) is 0.657. The first kappa shape index (κ1) is 10.7. The Labute approximate surface area is 92.2 Å². The molecule has 1 aromatic heterocycles. The SMILES string of the molecule is NNCCc1c[nH]c2ccc(C(=O)O)cc12. The topological polar surface area (TPSA) is 91.1 Å². The van der Waals surface area contributed by atoms with Gasteiger partial charge in [0.2, 0.25) is 0 Å². The number of fused-ring (bicyclic) bond motifs is 1. The number of hydrazine groups is 1. The monoisotopic (exact) mass is 219 g/mol. The molecule has 2 rings (SSSR count). The highest BCUT2D eigenvalue weighted by molar-refractivity contribution is 5.94. The van der Waals surface area contributed by atoms with Gasteiger partial charge in [-0.15, -0.1) is 0 Å². The Morgan fingerprint density at radius 1 is 1.50 bits per heavy atom. The average molecular weight is 219 g/mol. The molecule has 1 heterocycles. The summed E-state index contributed by atoms with van der Waals surface area (Å²) < 4.78 is 0. The summed E-state index contributed by atoms with van der Waals surface area (Å²) in [5, 5.41) is 9.85. The third-order valence-electron chi connectivity index (χ3n) is 2.55. The van der Waals surface area contributed by atoms with E-state index >= 15 is 0 Å². The van der Waals surface area contributed by atoms with E-state index in [1.165, 1.54) is 0 Å². The van der Waals surface area contributed by atoms with Crippen LogP contribution in [0.2, 0.25) is 0 Å². The Bertz CT molecular complexity index is 519. The number of aromatic amines is 1. The number of hydrogen-bond acceptors (Lipinski definition) is 3. The zero-order chi connectivity index (χ0) is 11.5. The lowest BCUT2D eigenvalue weighted by Gasteiger charge is -1.99. The van der Waals surface area contributed by atoms with Gasteiger partial charge in [-0.1, -0.05) is 0 Å². The van der Waals surface area contributed by atoms with E-state index in [0.717, 1.165) is 22.9 Å². The molecule has 0 bridgehead atoms. The minimum atomic E-state index is -0.911. The van der Waals surface area contributed by atoms with Crippen LogP contribution in [0.15, 0.2) is 24.4 Å². The van der Waals surface area contributed by atoms with Crippen molar-refractivity contribution in [2.45, 2.75) is 6.42 Å². The second kappa shape index (κ2) is 4.34. The highest BCUT2D eigenvalue weighted by Crippen LogP contribution is 2.20. The lowest BCUT2D eigenvalue weighted by Crippen LogP contribution is -2.24. The molecular weight excluding hydrogens is 206 g/mol. The number of H-pyrrole nitrogens is 1. The van der Waals surface area contributed by atoms with Crippen molar-refractivity contribution >= 4 is 16.9 Å². The van der Waals surface area contributed by atoms with Crippen molar-refractivity contribution < 1.29 is 9.90 Å². The number of carboxylic acids is 1. The molecule has 0 unspecified atom stereocenters. The Balaban J connectivity index is 2.43. The Morgan fingerprint density at radius 3 is 3.00 bits per heavy atom. The summed E-state index contributed by atoms with van der Waals surface area (Å²) in [5.74, 6) is 4.30. The zero-order valence-electron chi connectivity index (χ0n) is 8.66. The highest BCUT2D eigenvalue weighted by atomic mass is 16.4. The van der Waals surface area contributed by atoms with Crippen molar-refractivity contribution in [3.8, 4) is 0 Å². The molecule has 0 fully saturated rings. The van der Waals surface area contributed by atoms with Crippen LogP contribution in [0.1, 0.15) is 15.9 Å². The van der Waals surface area contributed by atoms with Gasteiger partial charge in [-0.25, -0.2) is 4.79 Å². The number of benzene rings is 1.